The molecule has 3 heterocycles. The van der Waals surface area contributed by atoms with E-state index in [0.29, 0.717) is 38.4 Å². The second kappa shape index (κ2) is 7.30. The Bertz CT molecular complexity index is 855. The molecule has 0 bridgehead atoms. The molecule has 0 radical (unpaired) electrons. The van der Waals surface area contributed by atoms with Crippen LogP contribution in [0.15, 0.2) is 30.5 Å². The number of hydrogen-bond acceptors (Lipinski definition) is 5. The van der Waals surface area contributed by atoms with E-state index in [0.717, 1.165) is 36.0 Å². The first-order valence-electron chi connectivity index (χ1n) is 9.17. The monoisotopic (exact) mass is 350 g/mol. The highest BCUT2D eigenvalue weighted by Gasteiger charge is 2.31. The Labute approximate surface area is 153 Å². The van der Waals surface area contributed by atoms with Gasteiger partial charge in [0.15, 0.2) is 0 Å². The van der Waals surface area contributed by atoms with Gasteiger partial charge in [0.25, 0.3) is 0 Å². The van der Waals surface area contributed by atoms with E-state index in [-0.39, 0.29) is 11.8 Å². The fourth-order valence-electron chi connectivity index (χ4n) is 3.97. The molecular weight excluding hydrogens is 328 g/mol. The van der Waals surface area contributed by atoms with Gasteiger partial charge < -0.3 is 14.5 Å². The highest BCUT2D eigenvalue weighted by atomic mass is 16.5. The van der Waals surface area contributed by atoms with Gasteiger partial charge in [-0.15, -0.1) is 0 Å². The normalized spacial score (nSPS) is 20.8. The molecule has 1 amide bonds. The first kappa shape index (κ1) is 16.8. The number of nitrogens with zero attached hydrogens (tertiary/aromatic N) is 4. The lowest BCUT2D eigenvalue weighted by Crippen LogP contribution is -2.48. The molecule has 2 aliphatic heterocycles. The summed E-state index contributed by atoms with van der Waals surface area (Å²) < 4.78 is 5.36. The van der Waals surface area contributed by atoms with E-state index in [1.165, 1.54) is 0 Å². The molecule has 0 N–H and O–H groups in total. The molecular formula is C20H22N4O2. The van der Waals surface area contributed by atoms with Crippen LogP contribution < -0.4 is 4.90 Å². The van der Waals surface area contributed by atoms with Gasteiger partial charge in [0.05, 0.1) is 35.9 Å². The first-order valence-corrected chi connectivity index (χ1v) is 9.17. The number of para-hydroxylation sites is 1. The molecule has 26 heavy (non-hydrogen) atoms. The molecule has 6 heteroatoms. The van der Waals surface area contributed by atoms with Crippen molar-refractivity contribution in [1.29, 1.82) is 5.26 Å². The minimum absolute atomic E-state index is 0.0275. The van der Waals surface area contributed by atoms with Crippen LogP contribution in [0.2, 0.25) is 0 Å². The van der Waals surface area contributed by atoms with E-state index < -0.39 is 0 Å². The van der Waals surface area contributed by atoms with Crippen LogP contribution >= 0.6 is 0 Å². The molecule has 6 nitrogen and oxygen atoms in total. The number of amides is 1. The van der Waals surface area contributed by atoms with Crippen molar-refractivity contribution in [3.05, 3.63) is 36.0 Å². The topological polar surface area (TPSA) is 69.5 Å². The number of piperidine rings is 1. The van der Waals surface area contributed by atoms with Gasteiger partial charge in [-0.1, -0.05) is 18.2 Å². The third-order valence-corrected chi connectivity index (χ3v) is 5.28. The maximum absolute atomic E-state index is 12.9. The van der Waals surface area contributed by atoms with Crippen LogP contribution in [0.25, 0.3) is 10.9 Å². The Morgan fingerprint density at radius 1 is 1.23 bits per heavy atom. The Morgan fingerprint density at radius 3 is 2.85 bits per heavy atom. The van der Waals surface area contributed by atoms with Gasteiger partial charge in [-0.05, 0) is 18.9 Å². The molecule has 4 rings (SSSR count). The van der Waals surface area contributed by atoms with Gasteiger partial charge in [0, 0.05) is 37.8 Å². The number of carbonyl (C=O) groups excluding carboxylic acids is 1. The van der Waals surface area contributed by atoms with Crippen molar-refractivity contribution >= 4 is 22.5 Å². The second-order valence-electron chi connectivity index (χ2n) is 6.87. The molecule has 0 saturated carbocycles. The molecule has 1 aromatic heterocycles. The van der Waals surface area contributed by atoms with E-state index in [1.807, 2.05) is 29.2 Å². The number of anilines is 1. The molecule has 2 aromatic rings. The van der Waals surface area contributed by atoms with Crippen molar-refractivity contribution in [2.75, 3.05) is 44.3 Å². The van der Waals surface area contributed by atoms with E-state index in [9.17, 15) is 10.1 Å². The minimum atomic E-state index is -0.0275. The number of pyridine rings is 1. The maximum Gasteiger partial charge on any atom is 0.227 e. The van der Waals surface area contributed by atoms with E-state index in [4.69, 9.17) is 4.74 Å². The minimum Gasteiger partial charge on any atom is -0.378 e. The van der Waals surface area contributed by atoms with Crippen LogP contribution in [-0.4, -0.2) is 55.2 Å². The summed E-state index contributed by atoms with van der Waals surface area (Å²) >= 11 is 0. The molecule has 1 unspecified atom stereocenters. The summed E-state index contributed by atoms with van der Waals surface area (Å²) in [4.78, 5) is 21.4. The first-order chi connectivity index (χ1) is 12.8. The number of aromatic nitrogens is 1. The van der Waals surface area contributed by atoms with Crippen LogP contribution in [-0.2, 0) is 9.53 Å². The van der Waals surface area contributed by atoms with Crippen LogP contribution in [0.3, 0.4) is 0 Å². The summed E-state index contributed by atoms with van der Waals surface area (Å²) in [5.74, 6) is 0.190. The summed E-state index contributed by atoms with van der Waals surface area (Å²) in [6, 6.07) is 10.2. The number of carbonyl (C=O) groups is 1. The lowest BCUT2D eigenvalue weighted by molar-refractivity contribution is -0.139. The fourth-order valence-corrected chi connectivity index (χ4v) is 3.97. The van der Waals surface area contributed by atoms with E-state index in [1.54, 1.807) is 6.20 Å². The van der Waals surface area contributed by atoms with Crippen LogP contribution in [0, 0.1) is 17.2 Å². The van der Waals surface area contributed by atoms with Crippen LogP contribution in [0.5, 0.6) is 0 Å². The summed E-state index contributed by atoms with van der Waals surface area (Å²) in [6.45, 7) is 4.11. The molecule has 0 aliphatic carbocycles. The van der Waals surface area contributed by atoms with Gasteiger partial charge in [-0.25, -0.2) is 0 Å². The Kier molecular flexibility index (Phi) is 4.72. The van der Waals surface area contributed by atoms with Crippen LogP contribution in [0.1, 0.15) is 18.4 Å². The number of morpholine rings is 1. The van der Waals surface area contributed by atoms with Crippen molar-refractivity contribution in [2.45, 2.75) is 12.8 Å². The van der Waals surface area contributed by atoms with Crippen LogP contribution in [0.4, 0.5) is 5.69 Å². The zero-order chi connectivity index (χ0) is 17.9. The number of rotatable bonds is 2. The fraction of sp³-hybridized carbons (Fsp3) is 0.450. The quantitative estimate of drug-likeness (QED) is 0.830. The predicted octanol–water partition coefficient (Wildman–Crippen LogP) is 2.18. The van der Waals surface area contributed by atoms with Gasteiger partial charge >= 0.3 is 0 Å². The number of benzene rings is 1. The zero-order valence-corrected chi connectivity index (χ0v) is 14.7. The average Bonchev–Trinajstić information content (AvgIpc) is 2.73. The lowest BCUT2D eigenvalue weighted by Gasteiger charge is -2.37. The largest absolute Gasteiger partial charge is 0.378 e. The summed E-state index contributed by atoms with van der Waals surface area (Å²) in [5, 5.41) is 10.6. The Morgan fingerprint density at radius 2 is 2.04 bits per heavy atom. The van der Waals surface area contributed by atoms with Crippen molar-refractivity contribution < 1.29 is 9.53 Å². The molecule has 2 fully saturated rings. The van der Waals surface area contributed by atoms with Gasteiger partial charge in [0.1, 0.15) is 6.07 Å². The number of nitriles is 1. The van der Waals surface area contributed by atoms with E-state index in [2.05, 4.69) is 16.0 Å². The smallest absolute Gasteiger partial charge is 0.227 e. The number of hydrogen-bond donors (Lipinski definition) is 0. The third-order valence-electron chi connectivity index (χ3n) is 5.28. The second-order valence-corrected chi connectivity index (χ2v) is 6.87. The van der Waals surface area contributed by atoms with Gasteiger partial charge in [-0.3, -0.25) is 9.78 Å². The highest BCUT2D eigenvalue weighted by molar-refractivity contribution is 5.94. The molecule has 1 atom stereocenters. The molecule has 0 spiro atoms. The van der Waals surface area contributed by atoms with Crippen molar-refractivity contribution in [1.82, 2.24) is 9.88 Å². The third kappa shape index (κ3) is 3.11. The van der Waals surface area contributed by atoms with Gasteiger partial charge in [-0.2, -0.15) is 5.26 Å². The lowest BCUT2D eigenvalue weighted by atomic mass is 9.94. The number of ether oxygens (including phenoxy) is 1. The zero-order valence-electron chi connectivity index (χ0n) is 14.7. The van der Waals surface area contributed by atoms with Crippen molar-refractivity contribution in [3.8, 4) is 6.07 Å². The molecule has 2 aliphatic rings. The standard InChI is InChI=1S/C20H22N4O2/c21-12-16-13-22-18-6-2-1-5-17(18)19(16)24-7-3-4-15(14-24)20(25)23-8-10-26-11-9-23/h1-2,5-6,13,15H,3-4,7-11,14H2. The number of fused-ring (bicyclic) bond motifs is 1. The predicted molar refractivity (Wildman–Crippen MR) is 98.8 cm³/mol. The van der Waals surface area contributed by atoms with Crippen molar-refractivity contribution in [2.24, 2.45) is 5.92 Å². The average molecular weight is 350 g/mol. The van der Waals surface area contributed by atoms with E-state index >= 15 is 0 Å². The molecule has 134 valence electrons. The molecule has 2 saturated heterocycles. The Balaban J connectivity index is 1.63. The van der Waals surface area contributed by atoms with Gasteiger partial charge in [0.2, 0.25) is 5.91 Å². The Hall–Kier alpha value is -2.65. The van der Waals surface area contributed by atoms with Crippen molar-refractivity contribution in [3.63, 3.8) is 0 Å². The SMILES string of the molecule is N#Cc1cnc2ccccc2c1N1CCCC(C(=O)N2CCOCC2)C1. The summed E-state index contributed by atoms with van der Waals surface area (Å²) in [7, 11) is 0. The highest BCUT2D eigenvalue weighted by Crippen LogP contribution is 2.33. The summed E-state index contributed by atoms with van der Waals surface area (Å²) in [5.41, 5.74) is 2.36. The molecule has 1 aromatic carbocycles. The maximum atomic E-state index is 12.9. The summed E-state index contributed by atoms with van der Waals surface area (Å²) in [6.07, 6.45) is 3.49.